The maximum Gasteiger partial charge on any atom is 0.227 e. The Morgan fingerprint density at radius 3 is 2.47 bits per heavy atom. The van der Waals surface area contributed by atoms with Crippen molar-refractivity contribution >= 4 is 5.91 Å². The largest absolute Gasteiger partial charge is 0.381 e. The standard InChI is InChI=1S/C24H28F2N4O2/c1-16(2)10-18-4-6-19(7-5-18)17(3)23(31)28-12-24(32,13-30-15-27-14-29-30)21-9-8-20(25)11-22(21)26/h4-9,11,14-17,32H,10,12-13H2,1-3H3,(H,28,31)/t17-,24-/m1/s1. The smallest absolute Gasteiger partial charge is 0.227 e. The van der Waals surface area contributed by atoms with E-state index in [2.05, 4.69) is 29.2 Å². The van der Waals surface area contributed by atoms with Gasteiger partial charge >= 0.3 is 0 Å². The van der Waals surface area contributed by atoms with E-state index in [0.717, 1.165) is 18.1 Å². The van der Waals surface area contributed by atoms with Crippen LogP contribution < -0.4 is 5.32 Å². The van der Waals surface area contributed by atoms with Crippen molar-refractivity contribution in [3.63, 3.8) is 0 Å². The van der Waals surface area contributed by atoms with Gasteiger partial charge in [-0.15, -0.1) is 0 Å². The third kappa shape index (κ3) is 5.76. The number of carbonyl (C=O) groups is 1. The van der Waals surface area contributed by atoms with Crippen molar-refractivity contribution in [1.82, 2.24) is 20.1 Å². The molecule has 0 fully saturated rings. The van der Waals surface area contributed by atoms with Gasteiger partial charge in [0.05, 0.1) is 19.0 Å². The molecule has 2 aromatic carbocycles. The molecule has 0 saturated heterocycles. The maximum absolute atomic E-state index is 14.5. The second kappa shape index (κ2) is 9.99. The molecule has 0 saturated carbocycles. The summed E-state index contributed by atoms with van der Waals surface area (Å²) in [5.74, 6) is -1.92. The number of rotatable bonds is 9. The Kier molecular flexibility index (Phi) is 7.35. The molecule has 1 heterocycles. The van der Waals surface area contributed by atoms with Gasteiger partial charge in [-0.2, -0.15) is 5.10 Å². The molecule has 3 rings (SSSR count). The van der Waals surface area contributed by atoms with E-state index in [0.29, 0.717) is 12.0 Å². The van der Waals surface area contributed by atoms with Crippen molar-refractivity contribution in [2.75, 3.05) is 6.54 Å². The highest BCUT2D eigenvalue weighted by atomic mass is 19.1. The van der Waals surface area contributed by atoms with E-state index < -0.39 is 23.2 Å². The molecule has 2 atom stereocenters. The summed E-state index contributed by atoms with van der Waals surface area (Å²) < 4.78 is 29.2. The molecule has 0 bridgehead atoms. The summed E-state index contributed by atoms with van der Waals surface area (Å²) in [6.07, 6.45) is 3.61. The molecular weight excluding hydrogens is 414 g/mol. The van der Waals surface area contributed by atoms with E-state index in [9.17, 15) is 18.7 Å². The van der Waals surface area contributed by atoms with Crippen molar-refractivity contribution in [3.8, 4) is 0 Å². The van der Waals surface area contributed by atoms with Crippen LogP contribution in [0.25, 0.3) is 0 Å². The molecule has 8 heteroatoms. The van der Waals surface area contributed by atoms with Crippen molar-refractivity contribution in [2.45, 2.75) is 45.3 Å². The number of hydrogen-bond acceptors (Lipinski definition) is 4. The maximum atomic E-state index is 14.5. The van der Waals surface area contributed by atoms with Crippen molar-refractivity contribution in [2.24, 2.45) is 5.92 Å². The van der Waals surface area contributed by atoms with E-state index in [1.165, 1.54) is 29.0 Å². The van der Waals surface area contributed by atoms with Crippen LogP contribution in [-0.4, -0.2) is 32.3 Å². The molecule has 0 radical (unpaired) electrons. The molecule has 2 N–H and O–H groups in total. The highest BCUT2D eigenvalue weighted by Gasteiger charge is 2.34. The lowest BCUT2D eigenvalue weighted by atomic mass is 9.92. The van der Waals surface area contributed by atoms with E-state index in [-0.39, 0.29) is 24.6 Å². The van der Waals surface area contributed by atoms with Crippen LogP contribution in [0.2, 0.25) is 0 Å². The van der Waals surface area contributed by atoms with Crippen molar-refractivity contribution < 1.29 is 18.7 Å². The molecule has 0 unspecified atom stereocenters. The van der Waals surface area contributed by atoms with Gasteiger partial charge in [0.1, 0.15) is 29.9 Å². The Balaban J connectivity index is 1.75. The van der Waals surface area contributed by atoms with Crippen LogP contribution in [0.5, 0.6) is 0 Å². The van der Waals surface area contributed by atoms with Crippen LogP contribution in [0.15, 0.2) is 55.1 Å². The lowest BCUT2D eigenvalue weighted by Gasteiger charge is -2.29. The zero-order valence-corrected chi connectivity index (χ0v) is 18.4. The third-order valence-electron chi connectivity index (χ3n) is 5.39. The quantitative estimate of drug-likeness (QED) is 0.531. The molecule has 0 aliphatic heterocycles. The monoisotopic (exact) mass is 442 g/mol. The van der Waals surface area contributed by atoms with Gasteiger partial charge in [0.2, 0.25) is 5.91 Å². The number of nitrogens with one attached hydrogen (secondary N) is 1. The Morgan fingerprint density at radius 2 is 1.88 bits per heavy atom. The summed E-state index contributed by atoms with van der Waals surface area (Å²) in [6.45, 7) is 5.60. The van der Waals surface area contributed by atoms with Gasteiger partial charge in [-0.3, -0.25) is 4.79 Å². The fraction of sp³-hybridized carbons (Fsp3) is 0.375. The van der Waals surface area contributed by atoms with E-state index in [4.69, 9.17) is 0 Å². The van der Waals surface area contributed by atoms with E-state index >= 15 is 0 Å². The van der Waals surface area contributed by atoms with Crippen LogP contribution in [0.4, 0.5) is 8.78 Å². The topological polar surface area (TPSA) is 80.0 Å². The summed E-state index contributed by atoms with van der Waals surface area (Å²) in [7, 11) is 0. The summed E-state index contributed by atoms with van der Waals surface area (Å²) in [5.41, 5.74) is 0.0376. The Hall–Kier alpha value is -3.13. The molecule has 0 aliphatic rings. The minimum Gasteiger partial charge on any atom is -0.381 e. The van der Waals surface area contributed by atoms with Gasteiger partial charge in [0.25, 0.3) is 0 Å². The highest BCUT2D eigenvalue weighted by molar-refractivity contribution is 5.83. The molecule has 0 spiro atoms. The first-order valence-corrected chi connectivity index (χ1v) is 10.5. The first kappa shape index (κ1) is 23.5. The minimum atomic E-state index is -1.86. The lowest BCUT2D eigenvalue weighted by Crippen LogP contribution is -2.45. The summed E-state index contributed by atoms with van der Waals surface area (Å²) >= 11 is 0. The molecule has 3 aromatic rings. The number of aromatic nitrogens is 3. The summed E-state index contributed by atoms with van der Waals surface area (Å²) in [6, 6.07) is 10.8. The molecule has 6 nitrogen and oxygen atoms in total. The van der Waals surface area contributed by atoms with Crippen LogP contribution in [0.3, 0.4) is 0 Å². The SMILES string of the molecule is CC(C)Cc1ccc([C@@H](C)C(=O)NC[C@@](O)(Cn2cncn2)c2ccc(F)cc2F)cc1. The average molecular weight is 443 g/mol. The van der Waals surface area contributed by atoms with Crippen LogP contribution in [0, 0.1) is 17.6 Å². The van der Waals surface area contributed by atoms with Crippen molar-refractivity contribution in [1.29, 1.82) is 0 Å². The summed E-state index contributed by atoms with van der Waals surface area (Å²) in [4.78, 5) is 16.6. The molecule has 170 valence electrons. The van der Waals surface area contributed by atoms with Gasteiger partial charge in [-0.05, 0) is 36.5 Å². The number of carbonyl (C=O) groups excluding carboxylic acids is 1. The zero-order chi connectivity index (χ0) is 23.3. The molecule has 32 heavy (non-hydrogen) atoms. The Labute approximate surface area is 186 Å². The Morgan fingerprint density at radius 1 is 1.16 bits per heavy atom. The molecule has 1 amide bonds. The number of benzene rings is 2. The molecule has 1 aromatic heterocycles. The normalized spacial score (nSPS) is 14.2. The number of nitrogens with zero attached hydrogens (tertiary/aromatic N) is 3. The number of aliphatic hydroxyl groups is 1. The molecule has 0 aliphatic carbocycles. The Bertz CT molecular complexity index is 1040. The molecular formula is C24H28F2N4O2. The fourth-order valence-electron chi connectivity index (χ4n) is 3.64. The lowest BCUT2D eigenvalue weighted by molar-refractivity contribution is -0.123. The van der Waals surface area contributed by atoms with Crippen LogP contribution >= 0.6 is 0 Å². The fourth-order valence-corrected chi connectivity index (χ4v) is 3.64. The predicted molar refractivity (Wildman–Crippen MR) is 117 cm³/mol. The first-order valence-electron chi connectivity index (χ1n) is 10.5. The van der Waals surface area contributed by atoms with Crippen LogP contribution in [-0.2, 0) is 23.4 Å². The number of hydrogen-bond donors (Lipinski definition) is 2. The van der Waals surface area contributed by atoms with Gasteiger partial charge in [-0.25, -0.2) is 18.4 Å². The predicted octanol–water partition coefficient (Wildman–Crippen LogP) is 3.56. The van der Waals surface area contributed by atoms with Gasteiger partial charge in [0, 0.05) is 11.6 Å². The third-order valence-corrected chi connectivity index (χ3v) is 5.39. The van der Waals surface area contributed by atoms with Gasteiger partial charge in [-0.1, -0.05) is 44.2 Å². The first-order chi connectivity index (χ1) is 15.2. The van der Waals surface area contributed by atoms with E-state index in [1.807, 2.05) is 24.3 Å². The number of amides is 1. The van der Waals surface area contributed by atoms with Crippen LogP contribution in [0.1, 0.15) is 43.4 Å². The van der Waals surface area contributed by atoms with Crippen molar-refractivity contribution in [3.05, 3.63) is 83.4 Å². The average Bonchev–Trinajstić information content (AvgIpc) is 3.24. The second-order valence-electron chi connectivity index (χ2n) is 8.53. The van der Waals surface area contributed by atoms with Gasteiger partial charge in [0.15, 0.2) is 0 Å². The number of halogens is 2. The van der Waals surface area contributed by atoms with E-state index in [1.54, 1.807) is 6.92 Å². The minimum absolute atomic E-state index is 0.139. The highest BCUT2D eigenvalue weighted by Crippen LogP contribution is 2.27. The van der Waals surface area contributed by atoms with Gasteiger partial charge < -0.3 is 10.4 Å². The second-order valence-corrected chi connectivity index (χ2v) is 8.53. The summed E-state index contributed by atoms with van der Waals surface area (Å²) in [5, 5.41) is 17.9. The zero-order valence-electron chi connectivity index (χ0n) is 18.4.